The number of hydrogen-bond acceptors (Lipinski definition) is 1. The number of hydrogen-bond donors (Lipinski definition) is 0. The van der Waals surface area contributed by atoms with E-state index in [4.69, 9.17) is 4.42 Å². The van der Waals surface area contributed by atoms with Gasteiger partial charge in [-0.3, -0.25) is 0 Å². The Morgan fingerprint density at radius 1 is 1.55 bits per heavy atom. The molecule has 0 N–H and O–H groups in total. The van der Waals surface area contributed by atoms with Gasteiger partial charge in [0.25, 0.3) is 0 Å². The quantitative estimate of drug-likeness (QED) is 0.551. The van der Waals surface area contributed by atoms with Gasteiger partial charge in [0.1, 0.15) is 5.76 Å². The van der Waals surface area contributed by atoms with E-state index in [1.165, 1.54) is 5.56 Å². The van der Waals surface area contributed by atoms with Gasteiger partial charge in [-0.1, -0.05) is 13.8 Å². The van der Waals surface area contributed by atoms with Gasteiger partial charge < -0.3 is 4.42 Å². The van der Waals surface area contributed by atoms with Crippen molar-refractivity contribution in [2.75, 3.05) is 0 Å². The summed E-state index contributed by atoms with van der Waals surface area (Å²) < 4.78 is 5.33. The number of fused-ring (bicyclic) bond motifs is 1. The van der Waals surface area contributed by atoms with Crippen LogP contribution in [0.2, 0.25) is 0 Å². The summed E-state index contributed by atoms with van der Waals surface area (Å²) in [5.74, 6) is 1.10. The summed E-state index contributed by atoms with van der Waals surface area (Å²) in [4.78, 5) is 0. The first kappa shape index (κ1) is 6.96. The van der Waals surface area contributed by atoms with E-state index >= 15 is 0 Å². The van der Waals surface area contributed by atoms with E-state index in [-0.39, 0.29) is 0 Å². The highest BCUT2D eigenvalue weighted by molar-refractivity contribution is 5.29. The Bertz CT molecular complexity index is 258. The van der Waals surface area contributed by atoms with Gasteiger partial charge in [0.05, 0.1) is 6.26 Å². The summed E-state index contributed by atoms with van der Waals surface area (Å²) >= 11 is 0. The third-order valence-electron chi connectivity index (χ3n) is 2.14. The maximum absolute atomic E-state index is 5.33. The molecule has 0 aliphatic heterocycles. The van der Waals surface area contributed by atoms with Gasteiger partial charge >= 0.3 is 0 Å². The first-order valence-corrected chi connectivity index (χ1v) is 3.98. The maximum atomic E-state index is 5.33. The molecule has 1 heteroatoms. The van der Waals surface area contributed by atoms with Crippen molar-refractivity contribution in [2.24, 2.45) is 5.41 Å². The Morgan fingerprint density at radius 2 is 2.36 bits per heavy atom. The molecular formula is C10H12O. The molecule has 1 heterocycles. The second-order valence-corrected chi connectivity index (χ2v) is 3.95. The summed E-state index contributed by atoms with van der Waals surface area (Å²) in [6.45, 7) is 4.48. The van der Waals surface area contributed by atoms with E-state index in [1.807, 2.05) is 6.07 Å². The molecular weight excluding hydrogens is 136 g/mol. The van der Waals surface area contributed by atoms with Gasteiger partial charge in [-0.2, -0.15) is 0 Å². The lowest BCUT2D eigenvalue weighted by atomic mass is 9.77. The molecule has 1 nitrogen and oxygen atoms in total. The Morgan fingerprint density at radius 3 is 3.18 bits per heavy atom. The molecule has 0 amide bonds. The van der Waals surface area contributed by atoms with Crippen LogP contribution in [0.4, 0.5) is 0 Å². The molecule has 2 radical (unpaired) electrons. The Labute approximate surface area is 67.4 Å². The zero-order valence-corrected chi connectivity index (χ0v) is 6.98. The van der Waals surface area contributed by atoms with E-state index < -0.39 is 0 Å². The Hall–Kier alpha value is -0.720. The normalized spacial score (nSPS) is 21.3. The van der Waals surface area contributed by atoms with Gasteiger partial charge in [-0.25, -0.2) is 0 Å². The zero-order chi connectivity index (χ0) is 7.90. The molecule has 1 aromatic rings. The van der Waals surface area contributed by atoms with Crippen molar-refractivity contribution in [1.82, 2.24) is 0 Å². The predicted molar refractivity (Wildman–Crippen MR) is 43.2 cm³/mol. The van der Waals surface area contributed by atoms with Crippen LogP contribution in [0.1, 0.15) is 31.6 Å². The van der Waals surface area contributed by atoms with Crippen LogP contribution in [0.15, 0.2) is 16.7 Å². The first-order valence-electron chi connectivity index (χ1n) is 3.98. The van der Waals surface area contributed by atoms with Crippen LogP contribution >= 0.6 is 0 Å². The highest BCUT2D eigenvalue weighted by Gasteiger charge is 2.27. The standard InChI is InChI=1S/C10H12O/c1-10(2)5-3-8-4-6-11-9(8)7-10/h4,6H,5,7H2,1-2H3. The number of rotatable bonds is 0. The van der Waals surface area contributed by atoms with Gasteiger partial charge in [-0.05, 0) is 17.9 Å². The average molecular weight is 148 g/mol. The van der Waals surface area contributed by atoms with Gasteiger partial charge in [0.15, 0.2) is 0 Å². The molecule has 0 spiro atoms. The van der Waals surface area contributed by atoms with E-state index in [1.54, 1.807) is 6.26 Å². The average Bonchev–Trinajstić information content (AvgIpc) is 2.31. The topological polar surface area (TPSA) is 13.1 Å². The molecule has 0 bridgehead atoms. The van der Waals surface area contributed by atoms with Crippen molar-refractivity contribution < 1.29 is 4.42 Å². The molecule has 0 aromatic carbocycles. The Kier molecular flexibility index (Phi) is 1.35. The molecule has 1 aliphatic rings. The highest BCUT2D eigenvalue weighted by atomic mass is 16.3. The lowest BCUT2D eigenvalue weighted by Gasteiger charge is -2.27. The van der Waals surface area contributed by atoms with Crippen LogP contribution in [0.3, 0.4) is 0 Å². The van der Waals surface area contributed by atoms with Crippen molar-refractivity contribution in [3.63, 3.8) is 0 Å². The molecule has 0 unspecified atom stereocenters. The van der Waals surface area contributed by atoms with Crippen molar-refractivity contribution in [2.45, 2.75) is 26.7 Å². The van der Waals surface area contributed by atoms with Crippen LogP contribution in [0.5, 0.6) is 0 Å². The van der Waals surface area contributed by atoms with Gasteiger partial charge in [0.2, 0.25) is 0 Å². The monoisotopic (exact) mass is 148 g/mol. The maximum Gasteiger partial charge on any atom is 0.108 e. The minimum Gasteiger partial charge on any atom is -0.469 e. The summed E-state index contributed by atoms with van der Waals surface area (Å²) in [6.07, 6.45) is 7.17. The van der Waals surface area contributed by atoms with Gasteiger partial charge in [-0.15, -0.1) is 0 Å². The van der Waals surface area contributed by atoms with Crippen molar-refractivity contribution in [3.8, 4) is 0 Å². The molecule has 0 fully saturated rings. The van der Waals surface area contributed by atoms with E-state index in [2.05, 4.69) is 20.3 Å². The third-order valence-corrected chi connectivity index (χ3v) is 2.14. The first-order chi connectivity index (χ1) is 5.17. The zero-order valence-electron chi connectivity index (χ0n) is 6.98. The van der Waals surface area contributed by atoms with Crippen molar-refractivity contribution >= 4 is 0 Å². The summed E-state index contributed by atoms with van der Waals surface area (Å²) in [5.41, 5.74) is 1.51. The van der Waals surface area contributed by atoms with E-state index in [9.17, 15) is 0 Å². The Balaban J connectivity index is 2.32. The third kappa shape index (κ3) is 1.20. The highest BCUT2D eigenvalue weighted by Crippen LogP contribution is 2.35. The van der Waals surface area contributed by atoms with Crippen molar-refractivity contribution in [3.05, 3.63) is 30.1 Å². The molecule has 1 aromatic heterocycles. The predicted octanol–water partition coefficient (Wildman–Crippen LogP) is 2.68. The fourth-order valence-electron chi connectivity index (χ4n) is 1.47. The fraction of sp³-hybridized carbons (Fsp3) is 0.500. The molecule has 1 aliphatic carbocycles. The second kappa shape index (κ2) is 2.13. The van der Waals surface area contributed by atoms with Crippen LogP contribution in [0, 0.1) is 11.8 Å². The van der Waals surface area contributed by atoms with Crippen LogP contribution in [-0.2, 0) is 6.42 Å². The molecule has 58 valence electrons. The summed E-state index contributed by atoms with van der Waals surface area (Å²) in [6, 6.07) is 1.99. The number of furan rings is 1. The largest absolute Gasteiger partial charge is 0.469 e. The van der Waals surface area contributed by atoms with Gasteiger partial charge in [0, 0.05) is 18.4 Å². The van der Waals surface area contributed by atoms with E-state index in [0.717, 1.165) is 18.6 Å². The molecule has 0 saturated carbocycles. The van der Waals surface area contributed by atoms with Crippen LogP contribution in [-0.4, -0.2) is 0 Å². The van der Waals surface area contributed by atoms with E-state index in [0.29, 0.717) is 5.41 Å². The SMILES string of the molecule is CC1(C)C[C]c2ccoc2C1. The fourth-order valence-corrected chi connectivity index (χ4v) is 1.47. The molecule has 0 saturated heterocycles. The van der Waals surface area contributed by atoms with Crippen molar-refractivity contribution in [1.29, 1.82) is 0 Å². The smallest absolute Gasteiger partial charge is 0.108 e. The minimum absolute atomic E-state index is 0.338. The molecule has 2 rings (SSSR count). The lowest BCUT2D eigenvalue weighted by Crippen LogP contribution is -2.19. The minimum atomic E-state index is 0.338. The summed E-state index contributed by atoms with van der Waals surface area (Å²) in [7, 11) is 0. The lowest BCUT2D eigenvalue weighted by molar-refractivity contribution is 0.310. The second-order valence-electron chi connectivity index (χ2n) is 3.95. The summed E-state index contributed by atoms with van der Waals surface area (Å²) in [5, 5.41) is 0. The molecule has 0 atom stereocenters. The van der Waals surface area contributed by atoms with Crippen LogP contribution in [0.25, 0.3) is 0 Å². The van der Waals surface area contributed by atoms with Crippen LogP contribution < -0.4 is 0 Å². The molecule has 11 heavy (non-hydrogen) atoms.